The van der Waals surface area contributed by atoms with Crippen LogP contribution < -0.4 is 5.32 Å². The lowest BCUT2D eigenvalue weighted by Gasteiger charge is -2.27. The van der Waals surface area contributed by atoms with Gasteiger partial charge in [-0.3, -0.25) is 4.79 Å². The number of aliphatic hydroxyl groups is 4. The Kier molecular flexibility index (Phi) is 50.8. The fraction of sp³-hybridized carbons (Fsp3) is 0.912. The molecule has 63 heavy (non-hydrogen) atoms. The van der Waals surface area contributed by atoms with Gasteiger partial charge in [-0.15, -0.1) is 0 Å². The molecule has 0 spiro atoms. The maximum absolute atomic E-state index is 12.6. The molecule has 0 saturated heterocycles. The maximum Gasteiger partial charge on any atom is 0.249 e. The lowest BCUT2D eigenvalue weighted by molar-refractivity contribution is -0.132. The summed E-state index contributed by atoms with van der Waals surface area (Å²) in [5.74, 6) is -0.591. The molecule has 0 fully saturated rings. The fourth-order valence-electron chi connectivity index (χ4n) is 8.93. The van der Waals surface area contributed by atoms with E-state index in [1.807, 2.05) is 0 Å². The highest BCUT2D eigenvalue weighted by Gasteiger charge is 2.28. The van der Waals surface area contributed by atoms with Gasteiger partial charge in [-0.2, -0.15) is 0 Å². The van der Waals surface area contributed by atoms with E-state index in [0.29, 0.717) is 12.8 Å². The highest BCUT2D eigenvalue weighted by atomic mass is 16.3. The van der Waals surface area contributed by atoms with Crippen LogP contribution in [-0.4, -0.2) is 57.3 Å². The number of carbonyl (C=O) groups is 1. The number of carbonyl (C=O) groups excluding carboxylic acids is 1. The van der Waals surface area contributed by atoms with Crippen LogP contribution in [0.25, 0.3) is 0 Å². The number of unbranched alkanes of at least 4 members (excludes halogenated alkanes) is 39. The van der Waals surface area contributed by atoms with Crippen molar-refractivity contribution in [2.24, 2.45) is 0 Å². The monoisotopic (exact) mass is 890 g/mol. The van der Waals surface area contributed by atoms with Crippen molar-refractivity contribution < 1.29 is 25.2 Å². The lowest BCUT2D eigenvalue weighted by atomic mass is 10.00. The van der Waals surface area contributed by atoms with Gasteiger partial charge >= 0.3 is 0 Å². The fourth-order valence-corrected chi connectivity index (χ4v) is 8.93. The maximum atomic E-state index is 12.6. The summed E-state index contributed by atoms with van der Waals surface area (Å²) < 4.78 is 0. The van der Waals surface area contributed by atoms with Crippen LogP contribution in [0.2, 0.25) is 0 Å². The molecule has 0 aromatic heterocycles. The third-order valence-electron chi connectivity index (χ3n) is 13.4. The summed E-state index contributed by atoms with van der Waals surface area (Å²) in [7, 11) is 0. The van der Waals surface area contributed by atoms with Crippen LogP contribution in [0.4, 0.5) is 0 Å². The summed E-state index contributed by atoms with van der Waals surface area (Å²) in [4.78, 5) is 12.6. The Labute approximate surface area is 393 Å². The first-order chi connectivity index (χ1) is 31.0. The number of rotatable bonds is 52. The Morgan fingerprint density at radius 3 is 0.952 bits per heavy atom. The van der Waals surface area contributed by atoms with Gasteiger partial charge in [0, 0.05) is 0 Å². The lowest BCUT2D eigenvalue weighted by Crippen LogP contribution is -2.53. The third kappa shape index (κ3) is 45.7. The van der Waals surface area contributed by atoms with Gasteiger partial charge in [-0.25, -0.2) is 0 Å². The first-order valence-corrected chi connectivity index (χ1v) is 28.2. The minimum absolute atomic E-state index is 0.362. The molecule has 0 aromatic rings. The Hall–Kier alpha value is -1.21. The number of aliphatic hydroxyl groups excluding tert-OH is 4. The van der Waals surface area contributed by atoms with Crippen LogP contribution in [0.5, 0.6) is 0 Å². The first kappa shape index (κ1) is 61.8. The Morgan fingerprint density at radius 1 is 0.381 bits per heavy atom. The summed E-state index contributed by atoms with van der Waals surface area (Å²) in [6.45, 7) is 4.08. The Bertz CT molecular complexity index is 955. The van der Waals surface area contributed by atoms with E-state index in [1.54, 1.807) is 0 Å². The van der Waals surface area contributed by atoms with Crippen LogP contribution in [0.3, 0.4) is 0 Å². The van der Waals surface area contributed by atoms with Crippen molar-refractivity contribution in [2.45, 2.75) is 327 Å². The van der Waals surface area contributed by atoms with Crippen LogP contribution >= 0.6 is 0 Å². The number of hydrogen-bond donors (Lipinski definition) is 5. The summed E-state index contributed by atoms with van der Waals surface area (Å²) in [6.07, 6.45) is 62.5. The van der Waals surface area contributed by atoms with E-state index in [4.69, 9.17) is 0 Å². The minimum atomic E-state index is -1.28. The quantitative estimate of drug-likeness (QED) is 0.0309. The van der Waals surface area contributed by atoms with Crippen molar-refractivity contribution in [1.82, 2.24) is 5.32 Å². The van der Waals surface area contributed by atoms with E-state index in [9.17, 15) is 25.2 Å². The predicted molar refractivity (Wildman–Crippen MR) is 274 cm³/mol. The van der Waals surface area contributed by atoms with Gasteiger partial charge in [-0.05, 0) is 64.2 Å². The molecule has 0 rings (SSSR count). The molecule has 1 amide bonds. The van der Waals surface area contributed by atoms with Crippen LogP contribution in [0.1, 0.15) is 303 Å². The molecule has 0 heterocycles. The molecule has 5 N–H and O–H groups in total. The van der Waals surface area contributed by atoms with E-state index in [-0.39, 0.29) is 0 Å². The molecule has 0 aliphatic carbocycles. The van der Waals surface area contributed by atoms with E-state index < -0.39 is 36.9 Å². The van der Waals surface area contributed by atoms with Gasteiger partial charge in [0.2, 0.25) is 5.91 Å². The minimum Gasteiger partial charge on any atom is -0.394 e. The molecule has 0 aromatic carbocycles. The number of allylic oxidation sites excluding steroid dienone is 4. The molecule has 0 aliphatic rings. The second-order valence-electron chi connectivity index (χ2n) is 19.6. The van der Waals surface area contributed by atoms with E-state index >= 15 is 0 Å². The zero-order chi connectivity index (χ0) is 45.9. The third-order valence-corrected chi connectivity index (χ3v) is 13.4. The zero-order valence-corrected chi connectivity index (χ0v) is 42.3. The van der Waals surface area contributed by atoms with Crippen molar-refractivity contribution in [1.29, 1.82) is 0 Å². The zero-order valence-electron chi connectivity index (χ0n) is 42.3. The van der Waals surface area contributed by atoms with Gasteiger partial charge in [0.15, 0.2) is 0 Å². The molecule has 0 bridgehead atoms. The summed E-state index contributed by atoms with van der Waals surface area (Å²) in [5.41, 5.74) is 0. The van der Waals surface area contributed by atoms with Gasteiger partial charge in [0.1, 0.15) is 12.2 Å². The van der Waals surface area contributed by atoms with Gasteiger partial charge < -0.3 is 25.7 Å². The average molecular weight is 891 g/mol. The highest BCUT2D eigenvalue weighted by molar-refractivity contribution is 5.80. The van der Waals surface area contributed by atoms with Crippen molar-refractivity contribution >= 4 is 5.91 Å². The SMILES string of the molecule is CCCCCCCCCCCCCC/C=C\CCCCCCCCCCCC(O)C(=O)NC(CO)C(O)C(O)CCC/C=C/CCCCCCCCCCCCCCCCCCC. The number of hydrogen-bond acceptors (Lipinski definition) is 5. The molecule has 0 radical (unpaired) electrons. The molecular weight excluding hydrogens is 779 g/mol. The molecule has 0 saturated carbocycles. The largest absolute Gasteiger partial charge is 0.394 e. The van der Waals surface area contributed by atoms with E-state index in [0.717, 1.165) is 38.5 Å². The van der Waals surface area contributed by atoms with Crippen LogP contribution in [0, 0.1) is 0 Å². The molecule has 4 atom stereocenters. The molecule has 374 valence electrons. The second-order valence-corrected chi connectivity index (χ2v) is 19.6. The average Bonchev–Trinajstić information content (AvgIpc) is 3.29. The summed E-state index contributed by atoms with van der Waals surface area (Å²) in [6, 6.07) is -1.00. The van der Waals surface area contributed by atoms with Crippen molar-refractivity contribution in [3.8, 4) is 0 Å². The standard InChI is InChI=1S/C57H111NO5/c1-3-5-7-9-11-13-15-17-19-21-23-25-27-28-29-31-33-35-37-39-41-43-45-47-49-51-55(61)57(63)58-53(52-59)56(62)54(60)50-48-46-44-42-40-38-36-34-32-30-26-24-22-20-18-16-14-12-10-8-6-4-2/h28-29,42,44,53-56,59-62H,3-27,30-41,43,45-52H2,1-2H3,(H,58,63)/b29-28-,44-42+. The molecule has 6 heteroatoms. The van der Waals surface area contributed by atoms with Crippen LogP contribution in [-0.2, 0) is 4.79 Å². The van der Waals surface area contributed by atoms with Crippen molar-refractivity contribution in [3.63, 3.8) is 0 Å². The topological polar surface area (TPSA) is 110 Å². The van der Waals surface area contributed by atoms with Gasteiger partial charge in [0.25, 0.3) is 0 Å². The number of amides is 1. The van der Waals surface area contributed by atoms with Crippen molar-refractivity contribution in [2.75, 3.05) is 6.61 Å². The molecule has 4 unspecified atom stereocenters. The molecular formula is C57H111NO5. The van der Waals surface area contributed by atoms with Crippen molar-refractivity contribution in [3.05, 3.63) is 24.3 Å². The second kappa shape index (κ2) is 51.8. The van der Waals surface area contributed by atoms with E-state index in [2.05, 4.69) is 43.5 Å². The molecule has 0 aliphatic heterocycles. The highest BCUT2D eigenvalue weighted by Crippen LogP contribution is 2.17. The number of nitrogens with one attached hydrogen (secondary N) is 1. The Balaban J connectivity index is 3.66. The van der Waals surface area contributed by atoms with Gasteiger partial charge in [0.05, 0.1) is 18.8 Å². The normalized spacial score (nSPS) is 13.9. The summed E-state index contributed by atoms with van der Waals surface area (Å²) >= 11 is 0. The summed E-state index contributed by atoms with van der Waals surface area (Å²) in [5, 5.41) is 44.0. The Morgan fingerprint density at radius 2 is 0.651 bits per heavy atom. The van der Waals surface area contributed by atoms with Crippen LogP contribution in [0.15, 0.2) is 24.3 Å². The molecule has 6 nitrogen and oxygen atoms in total. The van der Waals surface area contributed by atoms with Gasteiger partial charge in [-0.1, -0.05) is 263 Å². The predicted octanol–water partition coefficient (Wildman–Crippen LogP) is 16.3. The smallest absolute Gasteiger partial charge is 0.249 e. The van der Waals surface area contributed by atoms with E-state index in [1.165, 1.54) is 238 Å². The first-order valence-electron chi connectivity index (χ1n) is 28.2.